The fourth-order valence-corrected chi connectivity index (χ4v) is 9.83. The van der Waals surface area contributed by atoms with E-state index >= 15 is 0 Å². The lowest BCUT2D eigenvalue weighted by Crippen LogP contribution is -2.67. The predicted octanol–water partition coefficient (Wildman–Crippen LogP) is 3.64. The van der Waals surface area contributed by atoms with Gasteiger partial charge < -0.3 is 13.9 Å². The van der Waals surface area contributed by atoms with Gasteiger partial charge in [0.25, 0.3) is 13.5 Å². The molecule has 2 aliphatic heterocycles. The van der Waals surface area contributed by atoms with Crippen molar-refractivity contribution < 1.29 is 18.7 Å². The molecule has 1 amide bonds. The van der Waals surface area contributed by atoms with Gasteiger partial charge in [-0.2, -0.15) is 0 Å². The number of ether oxygens (including phenoxy) is 2. The molecule has 2 atom stereocenters. The van der Waals surface area contributed by atoms with Gasteiger partial charge >= 0.3 is 0 Å². The molecule has 0 saturated carbocycles. The summed E-state index contributed by atoms with van der Waals surface area (Å²) in [7, 11) is -2.59. The fourth-order valence-electron chi connectivity index (χ4n) is 4.96. The van der Waals surface area contributed by atoms with Crippen molar-refractivity contribution in [1.29, 1.82) is 0 Å². The van der Waals surface area contributed by atoms with Crippen molar-refractivity contribution in [3.8, 4) is 0 Å². The molecular weight excluding hydrogens is 450 g/mol. The number of hydrogen-bond donors (Lipinski definition) is 0. The molecule has 0 spiro atoms. The Kier molecular flexibility index (Phi) is 7.33. The van der Waals surface area contributed by atoms with Crippen LogP contribution in [0.3, 0.4) is 0 Å². The summed E-state index contributed by atoms with van der Waals surface area (Å²) in [4.78, 5) is 14.1. The molecule has 33 heavy (non-hydrogen) atoms. The molecule has 0 unspecified atom stereocenters. The maximum atomic E-state index is 12.6. The number of nitrogens with zero attached hydrogens (tertiary/aromatic N) is 1. The summed E-state index contributed by atoms with van der Waals surface area (Å²) in [5.74, 6) is -0.0175. The minimum Gasteiger partial charge on any atom is -0.469 e. The molecule has 2 aromatic rings. The van der Waals surface area contributed by atoms with E-state index in [2.05, 4.69) is 81.4 Å². The van der Waals surface area contributed by atoms with Crippen LogP contribution in [0, 0.1) is 0 Å². The van der Waals surface area contributed by atoms with Gasteiger partial charge in [-0.25, -0.2) is 0 Å². The minimum atomic E-state index is -2.59. The monoisotopic (exact) mass is 483 g/mol. The number of carbonyl (C=O) groups excluding carboxylic acids is 1. The van der Waals surface area contributed by atoms with Crippen LogP contribution >= 0.6 is 12.2 Å². The molecule has 0 aliphatic carbocycles. The van der Waals surface area contributed by atoms with E-state index in [9.17, 15) is 4.79 Å². The lowest BCUT2D eigenvalue weighted by atomic mass is 10.1. The van der Waals surface area contributed by atoms with Gasteiger partial charge in [0.1, 0.15) is 6.61 Å². The second kappa shape index (κ2) is 10.1. The standard InChI is InChI=1S/C26H33NO4SSi/c1-26(2,3)33(22-10-6-4-7-11-22,23-12-8-5-9-13-23)30-19-21-15-14-20(31-21)18-24(28)27-16-17-29-25(27)32/h4-13,20-21H,14-19H2,1-3H3/t20-,21-/m0/s1. The van der Waals surface area contributed by atoms with Crippen molar-refractivity contribution in [2.45, 2.75) is 57.3 Å². The summed E-state index contributed by atoms with van der Waals surface area (Å²) in [5, 5.41) is 2.73. The molecule has 4 rings (SSSR count). The van der Waals surface area contributed by atoms with Crippen LogP contribution < -0.4 is 10.4 Å². The molecule has 2 heterocycles. The summed E-state index contributed by atoms with van der Waals surface area (Å²) in [6, 6.07) is 21.3. The summed E-state index contributed by atoms with van der Waals surface area (Å²) in [6.45, 7) is 8.35. The van der Waals surface area contributed by atoms with Gasteiger partial charge in [0.2, 0.25) is 5.91 Å². The van der Waals surface area contributed by atoms with E-state index in [4.69, 9.17) is 26.1 Å². The van der Waals surface area contributed by atoms with Crippen molar-refractivity contribution in [2.75, 3.05) is 19.8 Å². The Labute approximate surface area is 203 Å². The smallest absolute Gasteiger partial charge is 0.266 e. The topological polar surface area (TPSA) is 48.0 Å². The van der Waals surface area contributed by atoms with Crippen LogP contribution in [0.1, 0.15) is 40.0 Å². The van der Waals surface area contributed by atoms with Gasteiger partial charge in [0.15, 0.2) is 0 Å². The van der Waals surface area contributed by atoms with E-state index in [1.807, 2.05) is 0 Å². The second-order valence-corrected chi connectivity index (χ2v) is 14.5. The quantitative estimate of drug-likeness (QED) is 0.445. The van der Waals surface area contributed by atoms with Crippen molar-refractivity contribution >= 4 is 42.0 Å². The van der Waals surface area contributed by atoms with Crippen molar-refractivity contribution in [2.24, 2.45) is 0 Å². The van der Waals surface area contributed by atoms with Gasteiger partial charge in [-0.15, -0.1) is 0 Å². The van der Waals surface area contributed by atoms with Gasteiger partial charge in [0.05, 0.1) is 31.8 Å². The molecule has 0 radical (unpaired) electrons. The van der Waals surface area contributed by atoms with Gasteiger partial charge in [0, 0.05) is 0 Å². The predicted molar refractivity (Wildman–Crippen MR) is 136 cm³/mol. The Balaban J connectivity index is 1.49. The summed E-state index contributed by atoms with van der Waals surface area (Å²) >= 11 is 5.12. The summed E-state index contributed by atoms with van der Waals surface area (Å²) in [6.07, 6.45) is 1.94. The van der Waals surface area contributed by atoms with Crippen molar-refractivity contribution in [3.63, 3.8) is 0 Å². The first kappa shape index (κ1) is 24.1. The van der Waals surface area contributed by atoms with E-state index in [0.717, 1.165) is 12.8 Å². The first-order chi connectivity index (χ1) is 15.8. The number of amides is 1. The average molecular weight is 484 g/mol. The van der Waals surface area contributed by atoms with E-state index < -0.39 is 8.32 Å². The number of rotatable bonds is 7. The van der Waals surface area contributed by atoms with Gasteiger partial charge in [-0.1, -0.05) is 81.4 Å². The number of benzene rings is 2. The van der Waals surface area contributed by atoms with Crippen LogP contribution in [0.15, 0.2) is 60.7 Å². The highest BCUT2D eigenvalue weighted by Crippen LogP contribution is 2.37. The Morgan fingerprint density at radius 3 is 2.12 bits per heavy atom. The SMILES string of the molecule is CC(C)(C)[Si](OC[C@@H]1CC[C@@H](CC(=O)N2CCOC2=S)O1)(c1ccccc1)c1ccccc1. The third kappa shape index (κ3) is 5.06. The lowest BCUT2D eigenvalue weighted by Gasteiger charge is -2.43. The lowest BCUT2D eigenvalue weighted by molar-refractivity contribution is -0.129. The summed E-state index contributed by atoms with van der Waals surface area (Å²) in [5.41, 5.74) is 0. The van der Waals surface area contributed by atoms with Crippen LogP contribution in [0.2, 0.25) is 5.04 Å². The van der Waals surface area contributed by atoms with Crippen LogP contribution in [-0.2, 0) is 18.7 Å². The van der Waals surface area contributed by atoms with Gasteiger partial charge in [-0.05, 0) is 40.5 Å². The Morgan fingerprint density at radius 1 is 1.03 bits per heavy atom. The highest BCUT2D eigenvalue weighted by Gasteiger charge is 2.50. The zero-order valence-electron chi connectivity index (χ0n) is 19.7. The normalized spacial score (nSPS) is 21.3. The number of hydrogen-bond acceptors (Lipinski definition) is 5. The van der Waals surface area contributed by atoms with Crippen LogP contribution in [0.5, 0.6) is 0 Å². The highest BCUT2D eigenvalue weighted by molar-refractivity contribution is 7.80. The molecule has 5 nitrogen and oxygen atoms in total. The third-order valence-electron chi connectivity index (χ3n) is 6.56. The first-order valence-electron chi connectivity index (χ1n) is 11.7. The zero-order chi connectivity index (χ0) is 23.5. The zero-order valence-corrected chi connectivity index (χ0v) is 21.5. The Bertz CT molecular complexity index is 924. The molecular formula is C26H33NO4SSi. The molecule has 7 heteroatoms. The maximum absolute atomic E-state index is 12.6. The highest BCUT2D eigenvalue weighted by atomic mass is 32.1. The second-order valence-electron chi connectivity index (χ2n) is 9.80. The van der Waals surface area contributed by atoms with Crippen molar-refractivity contribution in [1.82, 2.24) is 4.90 Å². The maximum Gasteiger partial charge on any atom is 0.266 e. The molecule has 2 saturated heterocycles. The van der Waals surface area contributed by atoms with Crippen LogP contribution in [0.25, 0.3) is 0 Å². The average Bonchev–Trinajstić information content (AvgIpc) is 3.43. The molecule has 2 aromatic carbocycles. The van der Waals surface area contributed by atoms with Crippen LogP contribution in [0.4, 0.5) is 0 Å². The minimum absolute atomic E-state index is 0.0175. The Morgan fingerprint density at radius 2 is 1.61 bits per heavy atom. The molecule has 0 N–H and O–H groups in total. The van der Waals surface area contributed by atoms with E-state index in [1.54, 1.807) is 4.90 Å². The van der Waals surface area contributed by atoms with E-state index in [1.165, 1.54) is 10.4 Å². The molecule has 176 valence electrons. The van der Waals surface area contributed by atoms with E-state index in [-0.39, 0.29) is 28.3 Å². The number of thiocarbonyl (C=S) groups is 1. The number of carbonyl (C=O) groups is 1. The van der Waals surface area contributed by atoms with E-state index in [0.29, 0.717) is 26.2 Å². The molecule has 2 fully saturated rings. The third-order valence-corrected chi connectivity index (χ3v) is 11.9. The molecule has 2 aliphatic rings. The van der Waals surface area contributed by atoms with Gasteiger partial charge in [-0.3, -0.25) is 9.69 Å². The Hall–Kier alpha value is -2.06. The van der Waals surface area contributed by atoms with Crippen LogP contribution in [-0.4, -0.2) is 56.3 Å². The fraction of sp³-hybridized carbons (Fsp3) is 0.462. The molecule has 0 aromatic heterocycles. The molecule has 0 bridgehead atoms. The summed E-state index contributed by atoms with van der Waals surface area (Å²) < 4.78 is 18.5. The van der Waals surface area contributed by atoms with Crippen molar-refractivity contribution in [3.05, 3.63) is 60.7 Å². The first-order valence-corrected chi connectivity index (χ1v) is 14.0. The largest absolute Gasteiger partial charge is 0.469 e.